The SMILES string of the molecule is CC1=CC=Cc2ccccc2N1c1ccc(-c2c3ccccc3c(-c3cc4ccccc4c4ccccc34)c3ccccc23)cc1. The van der Waals surface area contributed by atoms with E-state index in [2.05, 4.69) is 182 Å². The van der Waals surface area contributed by atoms with Crippen LogP contribution >= 0.6 is 0 Å². The Labute approximate surface area is 269 Å². The quantitative estimate of drug-likeness (QED) is 0.147. The number of para-hydroxylation sites is 1. The van der Waals surface area contributed by atoms with Gasteiger partial charge >= 0.3 is 0 Å². The summed E-state index contributed by atoms with van der Waals surface area (Å²) in [6.45, 7) is 2.18. The summed E-state index contributed by atoms with van der Waals surface area (Å²) in [5.41, 5.74) is 9.82. The maximum atomic E-state index is 2.39. The van der Waals surface area contributed by atoms with Crippen molar-refractivity contribution in [2.75, 3.05) is 4.90 Å². The molecule has 0 saturated carbocycles. The highest BCUT2D eigenvalue weighted by atomic mass is 15.1. The van der Waals surface area contributed by atoms with E-state index in [9.17, 15) is 0 Å². The lowest BCUT2D eigenvalue weighted by Crippen LogP contribution is -2.14. The first-order valence-corrected chi connectivity index (χ1v) is 16.0. The first-order chi connectivity index (χ1) is 22.8. The molecule has 8 aromatic rings. The molecule has 1 aliphatic rings. The first kappa shape index (κ1) is 26.5. The third-order valence-corrected chi connectivity index (χ3v) is 9.53. The van der Waals surface area contributed by atoms with E-state index >= 15 is 0 Å². The van der Waals surface area contributed by atoms with E-state index in [0.29, 0.717) is 0 Å². The minimum Gasteiger partial charge on any atom is -0.314 e. The minimum atomic E-state index is 1.15. The van der Waals surface area contributed by atoms with Crippen LogP contribution in [-0.2, 0) is 0 Å². The number of hydrogen-bond donors (Lipinski definition) is 0. The fourth-order valence-electron chi connectivity index (χ4n) is 7.50. The number of benzene rings is 8. The van der Waals surface area contributed by atoms with Crippen LogP contribution in [0.15, 0.2) is 170 Å². The lowest BCUT2D eigenvalue weighted by atomic mass is 9.84. The number of hydrogen-bond acceptors (Lipinski definition) is 1. The summed E-state index contributed by atoms with van der Waals surface area (Å²) in [4.78, 5) is 2.35. The average Bonchev–Trinajstić information content (AvgIpc) is 3.28. The number of nitrogens with zero attached hydrogens (tertiary/aromatic N) is 1. The summed E-state index contributed by atoms with van der Waals surface area (Å²) in [6.07, 6.45) is 6.51. The number of rotatable bonds is 3. The Hall–Kier alpha value is -5.92. The zero-order valence-electron chi connectivity index (χ0n) is 25.6. The van der Waals surface area contributed by atoms with Gasteiger partial charge in [0.2, 0.25) is 0 Å². The largest absolute Gasteiger partial charge is 0.314 e. The Morgan fingerprint density at radius 2 is 1.00 bits per heavy atom. The molecule has 0 aromatic heterocycles. The van der Waals surface area contributed by atoms with Crippen LogP contribution in [0.2, 0.25) is 0 Å². The molecule has 1 heteroatoms. The van der Waals surface area contributed by atoms with Gasteiger partial charge in [-0.2, -0.15) is 0 Å². The van der Waals surface area contributed by atoms with E-state index in [4.69, 9.17) is 0 Å². The Kier molecular flexibility index (Phi) is 6.11. The van der Waals surface area contributed by atoms with Crippen molar-refractivity contribution in [2.45, 2.75) is 6.92 Å². The standard InChI is InChI=1S/C45H31N/c1-30-13-12-16-31-14-3-11-24-43(31)46(30)34-27-25-32(26-28-34)44-38-20-7-9-22-40(38)45(41-23-10-8-21-39(41)44)42-29-33-15-2-4-17-35(33)36-18-5-6-19-37(36)42/h2-29H,1H3. The second kappa shape index (κ2) is 10.6. The van der Waals surface area contributed by atoms with Gasteiger partial charge in [-0.15, -0.1) is 0 Å². The van der Waals surface area contributed by atoms with Crippen molar-refractivity contribution in [1.82, 2.24) is 0 Å². The summed E-state index contributed by atoms with van der Waals surface area (Å²) < 4.78 is 0. The fourth-order valence-corrected chi connectivity index (χ4v) is 7.50. The van der Waals surface area contributed by atoms with E-state index in [0.717, 1.165) is 5.69 Å². The van der Waals surface area contributed by atoms with Gasteiger partial charge in [-0.1, -0.05) is 140 Å². The fraction of sp³-hybridized carbons (Fsp3) is 0.0222. The monoisotopic (exact) mass is 585 g/mol. The van der Waals surface area contributed by atoms with E-state index < -0.39 is 0 Å². The first-order valence-electron chi connectivity index (χ1n) is 16.0. The molecule has 1 aliphatic heterocycles. The number of fused-ring (bicyclic) bond motifs is 6. The Bertz CT molecular complexity index is 2470. The number of anilines is 2. The van der Waals surface area contributed by atoms with Gasteiger partial charge in [0.05, 0.1) is 5.69 Å². The maximum Gasteiger partial charge on any atom is 0.0530 e. The van der Waals surface area contributed by atoms with Gasteiger partial charge in [0.25, 0.3) is 0 Å². The predicted octanol–water partition coefficient (Wildman–Crippen LogP) is 12.7. The van der Waals surface area contributed by atoms with Crippen LogP contribution in [0, 0.1) is 0 Å². The van der Waals surface area contributed by atoms with Gasteiger partial charge in [0, 0.05) is 11.4 Å². The molecule has 0 spiro atoms. The molecular weight excluding hydrogens is 555 g/mol. The van der Waals surface area contributed by atoms with Crippen molar-refractivity contribution in [3.8, 4) is 22.3 Å². The van der Waals surface area contributed by atoms with Crippen LogP contribution in [0.25, 0.3) is 71.4 Å². The van der Waals surface area contributed by atoms with E-state index in [1.54, 1.807) is 0 Å². The average molecular weight is 586 g/mol. The second-order valence-electron chi connectivity index (χ2n) is 12.1. The highest BCUT2D eigenvalue weighted by Gasteiger charge is 2.20. The summed E-state index contributed by atoms with van der Waals surface area (Å²) in [5.74, 6) is 0. The molecule has 0 amide bonds. The Morgan fingerprint density at radius 1 is 0.457 bits per heavy atom. The molecule has 216 valence electrons. The van der Waals surface area contributed by atoms with Gasteiger partial charge in [0.15, 0.2) is 0 Å². The molecule has 0 bridgehead atoms. The van der Waals surface area contributed by atoms with Crippen LogP contribution < -0.4 is 4.90 Å². The molecular formula is C45H31N. The van der Waals surface area contributed by atoms with Crippen molar-refractivity contribution in [3.63, 3.8) is 0 Å². The highest BCUT2D eigenvalue weighted by molar-refractivity contribution is 6.25. The zero-order valence-corrected chi connectivity index (χ0v) is 25.6. The van der Waals surface area contributed by atoms with Gasteiger partial charge < -0.3 is 4.90 Å². The Morgan fingerprint density at radius 3 is 1.70 bits per heavy atom. The molecule has 8 aromatic carbocycles. The topological polar surface area (TPSA) is 3.24 Å². The lowest BCUT2D eigenvalue weighted by molar-refractivity contribution is 1.16. The lowest BCUT2D eigenvalue weighted by Gasteiger charge is -2.27. The van der Waals surface area contributed by atoms with Crippen molar-refractivity contribution in [3.05, 3.63) is 175 Å². The van der Waals surface area contributed by atoms with Gasteiger partial charge in [-0.25, -0.2) is 0 Å². The van der Waals surface area contributed by atoms with Crippen molar-refractivity contribution < 1.29 is 0 Å². The third-order valence-electron chi connectivity index (χ3n) is 9.53. The van der Waals surface area contributed by atoms with Crippen LogP contribution in [0.1, 0.15) is 12.5 Å². The second-order valence-corrected chi connectivity index (χ2v) is 12.1. The third kappa shape index (κ3) is 4.09. The summed E-state index contributed by atoms with van der Waals surface area (Å²) in [7, 11) is 0. The molecule has 1 heterocycles. The highest BCUT2D eigenvalue weighted by Crippen LogP contribution is 2.47. The molecule has 9 rings (SSSR count). The van der Waals surface area contributed by atoms with E-state index in [1.165, 1.54) is 82.3 Å². The smallest absolute Gasteiger partial charge is 0.0530 e. The molecule has 0 aliphatic carbocycles. The Balaban J connectivity index is 1.29. The maximum absolute atomic E-state index is 2.39. The molecule has 0 atom stereocenters. The summed E-state index contributed by atoms with van der Waals surface area (Å²) in [5, 5.41) is 10.2. The molecule has 0 radical (unpaired) electrons. The van der Waals surface area contributed by atoms with Gasteiger partial charge in [-0.05, 0) is 108 Å². The van der Waals surface area contributed by atoms with Crippen molar-refractivity contribution in [1.29, 1.82) is 0 Å². The van der Waals surface area contributed by atoms with Crippen LogP contribution in [0.3, 0.4) is 0 Å². The minimum absolute atomic E-state index is 1.15. The van der Waals surface area contributed by atoms with Gasteiger partial charge in [0.1, 0.15) is 0 Å². The van der Waals surface area contributed by atoms with E-state index in [1.807, 2.05) is 0 Å². The molecule has 0 unspecified atom stereocenters. The van der Waals surface area contributed by atoms with Crippen LogP contribution in [0.5, 0.6) is 0 Å². The van der Waals surface area contributed by atoms with Gasteiger partial charge in [-0.3, -0.25) is 0 Å². The normalized spacial score (nSPS) is 12.9. The molecule has 46 heavy (non-hydrogen) atoms. The number of allylic oxidation sites excluding steroid dienone is 3. The van der Waals surface area contributed by atoms with Crippen molar-refractivity contribution in [2.24, 2.45) is 0 Å². The molecule has 1 nitrogen and oxygen atoms in total. The summed E-state index contributed by atoms with van der Waals surface area (Å²) >= 11 is 0. The molecule has 0 fully saturated rings. The molecule has 0 N–H and O–H groups in total. The predicted molar refractivity (Wildman–Crippen MR) is 199 cm³/mol. The van der Waals surface area contributed by atoms with Crippen molar-refractivity contribution >= 4 is 60.5 Å². The molecule has 0 saturated heterocycles. The van der Waals surface area contributed by atoms with Crippen LogP contribution in [-0.4, -0.2) is 0 Å². The van der Waals surface area contributed by atoms with E-state index in [-0.39, 0.29) is 0 Å². The summed E-state index contributed by atoms with van der Waals surface area (Å²) in [6, 6.07) is 55.6. The van der Waals surface area contributed by atoms with Crippen LogP contribution in [0.4, 0.5) is 11.4 Å². The zero-order chi connectivity index (χ0) is 30.6.